The lowest BCUT2D eigenvalue weighted by Crippen LogP contribution is -2.32. The summed E-state index contributed by atoms with van der Waals surface area (Å²) in [7, 11) is 0. The zero-order valence-corrected chi connectivity index (χ0v) is 24.1. The number of hydrogen-bond donors (Lipinski definition) is 2. The van der Waals surface area contributed by atoms with Crippen LogP contribution < -0.4 is 20.2 Å². The van der Waals surface area contributed by atoms with E-state index < -0.39 is 23.8 Å². The number of halogens is 4. The number of hydrogen-bond acceptors (Lipinski definition) is 7. The Hall–Kier alpha value is -4.41. The third-order valence-electron chi connectivity index (χ3n) is 5.33. The molecule has 212 valence electrons. The molecule has 0 saturated heterocycles. The fraction of sp³-hybridized carbons (Fsp3) is 0. The Balaban J connectivity index is 1.52. The van der Waals surface area contributed by atoms with Crippen molar-refractivity contribution >= 4 is 82.1 Å². The highest BCUT2D eigenvalue weighted by Gasteiger charge is 2.17. The molecule has 0 atom stereocenters. The van der Waals surface area contributed by atoms with E-state index in [9.17, 15) is 19.2 Å². The summed E-state index contributed by atoms with van der Waals surface area (Å²) in [6.45, 7) is 0. The van der Waals surface area contributed by atoms with Crippen LogP contribution in [0.15, 0.2) is 90.0 Å². The smallest absolute Gasteiger partial charge is 0.343 e. The molecule has 4 rings (SSSR count). The van der Waals surface area contributed by atoms with Gasteiger partial charge in [-0.2, -0.15) is 5.10 Å². The van der Waals surface area contributed by atoms with Crippen molar-refractivity contribution in [2.24, 2.45) is 5.10 Å². The number of anilines is 1. The van der Waals surface area contributed by atoms with Gasteiger partial charge >= 0.3 is 23.8 Å². The van der Waals surface area contributed by atoms with Crippen LogP contribution in [0.3, 0.4) is 0 Å². The van der Waals surface area contributed by atoms with Gasteiger partial charge in [0.15, 0.2) is 0 Å². The van der Waals surface area contributed by atoms with Crippen LogP contribution in [-0.2, 0) is 9.59 Å². The van der Waals surface area contributed by atoms with Crippen molar-refractivity contribution in [3.63, 3.8) is 0 Å². The van der Waals surface area contributed by atoms with Gasteiger partial charge < -0.3 is 14.8 Å². The standard InChI is InChI=1S/C29H17Cl4N3O6/c30-19-9-4-16(5-10-19)28(39)41-21-13-8-18(24(14-21)42-29(40)17-6-11-20(31)12-7-17)15-34-36-27(38)26(37)35-23-3-1-2-22(32)25(23)33/h1-15H,(H,35,37)(H,36,38)/b34-15-. The predicted octanol–water partition coefficient (Wildman–Crippen LogP) is 6.83. The molecule has 2 N–H and O–H groups in total. The molecule has 0 saturated carbocycles. The lowest BCUT2D eigenvalue weighted by Gasteiger charge is -2.11. The number of carbonyl (C=O) groups excluding carboxylic acids is 4. The van der Waals surface area contributed by atoms with Crippen LogP contribution in [0.2, 0.25) is 20.1 Å². The fourth-order valence-electron chi connectivity index (χ4n) is 3.26. The summed E-state index contributed by atoms with van der Waals surface area (Å²) in [4.78, 5) is 49.9. The number of carbonyl (C=O) groups is 4. The molecule has 0 aromatic heterocycles. The molecule has 0 aliphatic rings. The minimum atomic E-state index is -1.12. The predicted molar refractivity (Wildman–Crippen MR) is 160 cm³/mol. The number of esters is 2. The fourth-order valence-corrected chi connectivity index (χ4v) is 3.86. The quantitative estimate of drug-likeness (QED) is 0.0748. The first-order chi connectivity index (χ1) is 20.1. The largest absolute Gasteiger partial charge is 0.423 e. The van der Waals surface area contributed by atoms with Gasteiger partial charge in [0.05, 0.1) is 33.1 Å². The number of nitrogens with zero attached hydrogens (tertiary/aromatic N) is 1. The topological polar surface area (TPSA) is 123 Å². The summed E-state index contributed by atoms with van der Waals surface area (Å²) in [5.41, 5.74) is 2.83. The maximum absolute atomic E-state index is 12.8. The summed E-state index contributed by atoms with van der Waals surface area (Å²) in [5.74, 6) is -3.62. The van der Waals surface area contributed by atoms with Crippen molar-refractivity contribution in [3.05, 3.63) is 122 Å². The molecule has 0 heterocycles. The lowest BCUT2D eigenvalue weighted by atomic mass is 10.2. The highest BCUT2D eigenvalue weighted by atomic mass is 35.5. The molecule has 0 aliphatic heterocycles. The van der Waals surface area contributed by atoms with Crippen molar-refractivity contribution in [2.75, 3.05) is 5.32 Å². The van der Waals surface area contributed by atoms with Crippen molar-refractivity contribution in [2.45, 2.75) is 0 Å². The number of rotatable bonds is 7. The Morgan fingerprint density at radius 1 is 0.690 bits per heavy atom. The molecule has 2 amide bonds. The molecule has 0 fully saturated rings. The van der Waals surface area contributed by atoms with E-state index in [1.54, 1.807) is 6.07 Å². The second-order valence-electron chi connectivity index (χ2n) is 8.25. The summed E-state index contributed by atoms with van der Waals surface area (Å²) in [6, 6.07) is 20.7. The number of hydrazone groups is 1. The van der Waals surface area contributed by atoms with Crippen LogP contribution >= 0.6 is 46.4 Å². The molecule has 4 aromatic rings. The van der Waals surface area contributed by atoms with Crippen molar-refractivity contribution in [1.82, 2.24) is 5.43 Å². The minimum Gasteiger partial charge on any atom is -0.423 e. The SMILES string of the molecule is O=C(N/N=C\c1ccc(OC(=O)c2ccc(Cl)cc2)cc1OC(=O)c1ccc(Cl)cc1)C(=O)Nc1cccc(Cl)c1Cl. The molecule has 0 radical (unpaired) electrons. The monoisotopic (exact) mass is 643 g/mol. The molecule has 0 aliphatic carbocycles. The maximum Gasteiger partial charge on any atom is 0.343 e. The Morgan fingerprint density at radius 3 is 1.90 bits per heavy atom. The van der Waals surface area contributed by atoms with Gasteiger partial charge in [-0.15, -0.1) is 0 Å². The highest BCUT2D eigenvalue weighted by molar-refractivity contribution is 6.45. The van der Waals surface area contributed by atoms with Crippen molar-refractivity contribution in [3.8, 4) is 11.5 Å². The van der Waals surface area contributed by atoms with Crippen LogP contribution in [0.5, 0.6) is 11.5 Å². The minimum absolute atomic E-state index is 0.0489. The second kappa shape index (κ2) is 14.0. The van der Waals surface area contributed by atoms with Crippen LogP contribution in [-0.4, -0.2) is 30.0 Å². The van der Waals surface area contributed by atoms with E-state index in [0.717, 1.165) is 6.21 Å². The van der Waals surface area contributed by atoms with E-state index in [-0.39, 0.29) is 43.9 Å². The normalized spacial score (nSPS) is 10.7. The van der Waals surface area contributed by atoms with Crippen molar-refractivity contribution < 1.29 is 28.7 Å². The van der Waals surface area contributed by atoms with Gasteiger partial charge in [-0.25, -0.2) is 15.0 Å². The summed E-state index contributed by atoms with van der Waals surface area (Å²) < 4.78 is 10.9. The van der Waals surface area contributed by atoms with E-state index in [2.05, 4.69) is 15.8 Å². The second-order valence-corrected chi connectivity index (χ2v) is 9.91. The average molecular weight is 645 g/mol. The number of benzene rings is 4. The molecule has 9 nitrogen and oxygen atoms in total. The molecule has 0 spiro atoms. The Labute approximate surface area is 258 Å². The summed E-state index contributed by atoms with van der Waals surface area (Å²) >= 11 is 23.7. The van der Waals surface area contributed by atoms with E-state index >= 15 is 0 Å². The Bertz CT molecular complexity index is 1690. The van der Waals surface area contributed by atoms with E-state index in [0.29, 0.717) is 10.0 Å². The highest BCUT2D eigenvalue weighted by Crippen LogP contribution is 2.29. The van der Waals surface area contributed by atoms with Crippen LogP contribution in [0.4, 0.5) is 5.69 Å². The van der Waals surface area contributed by atoms with Crippen LogP contribution in [0.1, 0.15) is 26.3 Å². The van der Waals surface area contributed by atoms with Gasteiger partial charge in [0.25, 0.3) is 0 Å². The maximum atomic E-state index is 12.8. The first-order valence-electron chi connectivity index (χ1n) is 11.8. The Kier molecular flexibility index (Phi) is 10.2. The molecule has 4 aromatic carbocycles. The summed E-state index contributed by atoms with van der Waals surface area (Å²) in [6.07, 6.45) is 1.13. The first kappa shape index (κ1) is 30.5. The third kappa shape index (κ3) is 8.08. The van der Waals surface area contributed by atoms with Crippen molar-refractivity contribution in [1.29, 1.82) is 0 Å². The van der Waals surface area contributed by atoms with Gasteiger partial charge in [0.1, 0.15) is 11.5 Å². The van der Waals surface area contributed by atoms with Gasteiger partial charge in [-0.05, 0) is 72.8 Å². The molecule has 42 heavy (non-hydrogen) atoms. The zero-order chi connectivity index (χ0) is 30.2. The van der Waals surface area contributed by atoms with Gasteiger partial charge in [0.2, 0.25) is 0 Å². The molecule has 13 heteroatoms. The molecular formula is C29H17Cl4N3O6. The van der Waals surface area contributed by atoms with E-state index in [1.165, 1.54) is 78.9 Å². The van der Waals surface area contributed by atoms with Gasteiger partial charge in [0, 0.05) is 21.7 Å². The van der Waals surface area contributed by atoms with Crippen LogP contribution in [0, 0.1) is 0 Å². The number of ether oxygens (including phenoxy) is 2. The molecular weight excluding hydrogens is 628 g/mol. The van der Waals surface area contributed by atoms with Crippen LogP contribution in [0.25, 0.3) is 0 Å². The Morgan fingerprint density at radius 2 is 1.29 bits per heavy atom. The van der Waals surface area contributed by atoms with E-state index in [4.69, 9.17) is 55.9 Å². The zero-order valence-electron chi connectivity index (χ0n) is 21.1. The molecule has 0 bridgehead atoms. The van der Waals surface area contributed by atoms with E-state index in [1.807, 2.05) is 0 Å². The van der Waals surface area contributed by atoms with Gasteiger partial charge in [-0.3, -0.25) is 9.59 Å². The lowest BCUT2D eigenvalue weighted by molar-refractivity contribution is -0.136. The van der Waals surface area contributed by atoms with Gasteiger partial charge in [-0.1, -0.05) is 52.5 Å². The first-order valence-corrected chi connectivity index (χ1v) is 13.3. The number of amides is 2. The third-order valence-corrected chi connectivity index (χ3v) is 6.66. The summed E-state index contributed by atoms with van der Waals surface area (Å²) in [5, 5.41) is 7.22. The average Bonchev–Trinajstić information content (AvgIpc) is 2.97. The molecule has 0 unspecified atom stereocenters. The number of nitrogens with one attached hydrogen (secondary N) is 2.